The summed E-state index contributed by atoms with van der Waals surface area (Å²) in [7, 11) is 0. The summed E-state index contributed by atoms with van der Waals surface area (Å²) in [6.45, 7) is 5.99. The zero-order valence-electron chi connectivity index (χ0n) is 10.3. The van der Waals surface area contributed by atoms with Crippen molar-refractivity contribution in [2.75, 3.05) is 6.61 Å². The first kappa shape index (κ1) is 13.1. The fourth-order valence-corrected chi connectivity index (χ4v) is 1.21. The summed E-state index contributed by atoms with van der Waals surface area (Å²) in [4.78, 5) is 11.1. The van der Waals surface area contributed by atoms with Gasteiger partial charge in [-0.2, -0.15) is 0 Å². The van der Waals surface area contributed by atoms with Crippen LogP contribution in [-0.2, 0) is 9.53 Å². The molecule has 90 valence electrons. The van der Waals surface area contributed by atoms with Gasteiger partial charge in [0.15, 0.2) is 0 Å². The second kappa shape index (κ2) is 6.59. The van der Waals surface area contributed by atoms with Crippen LogP contribution in [0.1, 0.15) is 26.3 Å². The molecule has 0 spiro atoms. The number of benzene rings is 1. The van der Waals surface area contributed by atoms with E-state index in [4.69, 9.17) is 9.47 Å². The Labute approximate surface area is 102 Å². The largest absolute Gasteiger partial charge is 0.491 e. The second-order valence-corrected chi connectivity index (χ2v) is 3.66. The fourth-order valence-electron chi connectivity index (χ4n) is 1.21. The zero-order valence-corrected chi connectivity index (χ0v) is 10.3. The van der Waals surface area contributed by atoms with E-state index in [1.165, 1.54) is 0 Å². The Hall–Kier alpha value is -1.95. The number of esters is 1. The molecule has 17 heavy (non-hydrogen) atoms. The van der Waals surface area contributed by atoms with Crippen molar-refractivity contribution in [1.82, 2.24) is 0 Å². The molecule has 0 aliphatic rings. The molecule has 0 unspecified atom stereocenters. The summed E-state index contributed by atoms with van der Waals surface area (Å²) < 4.78 is 10.2. The van der Waals surface area contributed by atoms with Crippen molar-refractivity contribution >= 4 is 5.97 Å². The molecule has 0 fully saturated rings. The highest BCUT2D eigenvalue weighted by atomic mass is 16.5. The van der Waals surface area contributed by atoms with Gasteiger partial charge in [-0.1, -0.05) is 12.0 Å². The van der Waals surface area contributed by atoms with Gasteiger partial charge in [-0.3, -0.25) is 0 Å². The van der Waals surface area contributed by atoms with Crippen molar-refractivity contribution in [1.29, 1.82) is 0 Å². The molecule has 1 aromatic carbocycles. The Morgan fingerprint density at radius 1 is 1.41 bits per heavy atom. The Bertz CT molecular complexity index is 438. The Morgan fingerprint density at radius 3 is 2.82 bits per heavy atom. The van der Waals surface area contributed by atoms with Crippen LogP contribution in [0.4, 0.5) is 0 Å². The standard InChI is InChI=1S/C14H16O3/c1-4-16-14(15)9-8-12-6-5-7-13(10-12)17-11(2)3/h5-7,10-11H,4H2,1-3H3. The monoisotopic (exact) mass is 232 g/mol. The first-order valence-electron chi connectivity index (χ1n) is 5.57. The van der Waals surface area contributed by atoms with Gasteiger partial charge in [0.25, 0.3) is 0 Å². The number of carbonyl (C=O) groups excluding carboxylic acids is 1. The first-order valence-corrected chi connectivity index (χ1v) is 5.57. The highest BCUT2D eigenvalue weighted by Crippen LogP contribution is 2.13. The summed E-state index contributed by atoms with van der Waals surface area (Å²) >= 11 is 0. The summed E-state index contributed by atoms with van der Waals surface area (Å²) in [5, 5.41) is 0. The van der Waals surface area contributed by atoms with Crippen LogP contribution in [0.5, 0.6) is 5.75 Å². The van der Waals surface area contributed by atoms with Crippen molar-refractivity contribution < 1.29 is 14.3 Å². The summed E-state index contributed by atoms with van der Waals surface area (Å²) in [5.41, 5.74) is 0.733. The van der Waals surface area contributed by atoms with Crippen molar-refractivity contribution in [3.8, 4) is 17.6 Å². The number of hydrogen-bond donors (Lipinski definition) is 0. The molecule has 1 aromatic rings. The normalized spacial score (nSPS) is 9.41. The van der Waals surface area contributed by atoms with Gasteiger partial charge in [0.2, 0.25) is 0 Å². The van der Waals surface area contributed by atoms with Crippen molar-refractivity contribution in [3.05, 3.63) is 29.8 Å². The minimum atomic E-state index is -0.511. The van der Waals surface area contributed by atoms with Crippen LogP contribution in [-0.4, -0.2) is 18.7 Å². The van der Waals surface area contributed by atoms with E-state index in [0.29, 0.717) is 6.61 Å². The van der Waals surface area contributed by atoms with E-state index in [1.807, 2.05) is 32.0 Å². The van der Waals surface area contributed by atoms with Gasteiger partial charge in [0, 0.05) is 11.5 Å². The predicted octanol–water partition coefficient (Wildman–Crippen LogP) is 2.39. The minimum absolute atomic E-state index is 0.114. The van der Waals surface area contributed by atoms with Crippen LogP contribution < -0.4 is 4.74 Å². The van der Waals surface area contributed by atoms with Gasteiger partial charge < -0.3 is 9.47 Å². The highest BCUT2D eigenvalue weighted by molar-refractivity contribution is 5.89. The molecule has 0 radical (unpaired) electrons. The Kier molecular flexibility index (Phi) is 5.09. The van der Waals surface area contributed by atoms with Crippen LogP contribution >= 0.6 is 0 Å². The zero-order chi connectivity index (χ0) is 12.7. The van der Waals surface area contributed by atoms with Gasteiger partial charge in [-0.05, 0) is 39.0 Å². The summed E-state index contributed by atoms with van der Waals surface area (Å²) in [6, 6.07) is 7.31. The van der Waals surface area contributed by atoms with Crippen LogP contribution in [0.3, 0.4) is 0 Å². The van der Waals surface area contributed by atoms with E-state index in [-0.39, 0.29) is 6.10 Å². The van der Waals surface area contributed by atoms with E-state index in [9.17, 15) is 4.79 Å². The SMILES string of the molecule is CCOC(=O)C#Cc1cccc(OC(C)C)c1. The lowest BCUT2D eigenvalue weighted by Crippen LogP contribution is -2.05. The molecule has 0 aliphatic carbocycles. The molecule has 0 N–H and O–H groups in total. The molecular formula is C14H16O3. The third kappa shape index (κ3) is 5.07. The van der Waals surface area contributed by atoms with Crippen molar-refractivity contribution in [2.45, 2.75) is 26.9 Å². The molecule has 3 heteroatoms. The highest BCUT2D eigenvalue weighted by Gasteiger charge is 1.98. The lowest BCUT2D eigenvalue weighted by molar-refractivity contribution is -0.136. The molecule has 0 aliphatic heterocycles. The third-order valence-electron chi connectivity index (χ3n) is 1.79. The summed E-state index contributed by atoms with van der Waals surface area (Å²) in [5.74, 6) is 5.39. The molecule has 0 heterocycles. The van der Waals surface area contributed by atoms with E-state index in [1.54, 1.807) is 13.0 Å². The number of hydrogen-bond acceptors (Lipinski definition) is 3. The predicted molar refractivity (Wildman–Crippen MR) is 65.7 cm³/mol. The van der Waals surface area contributed by atoms with Crippen LogP contribution in [0, 0.1) is 11.8 Å². The number of carbonyl (C=O) groups is 1. The van der Waals surface area contributed by atoms with Gasteiger partial charge in [-0.25, -0.2) is 4.79 Å². The van der Waals surface area contributed by atoms with E-state index >= 15 is 0 Å². The molecule has 0 aromatic heterocycles. The molecule has 1 rings (SSSR count). The third-order valence-corrected chi connectivity index (χ3v) is 1.79. The van der Waals surface area contributed by atoms with E-state index in [0.717, 1.165) is 11.3 Å². The van der Waals surface area contributed by atoms with E-state index < -0.39 is 5.97 Å². The maximum atomic E-state index is 11.1. The molecule has 3 nitrogen and oxygen atoms in total. The Morgan fingerprint density at radius 2 is 2.18 bits per heavy atom. The Balaban J connectivity index is 2.74. The lowest BCUT2D eigenvalue weighted by Gasteiger charge is -2.09. The number of rotatable bonds is 3. The van der Waals surface area contributed by atoms with Crippen LogP contribution in [0.15, 0.2) is 24.3 Å². The summed E-state index contributed by atoms with van der Waals surface area (Å²) in [6.07, 6.45) is 0.114. The van der Waals surface area contributed by atoms with Crippen LogP contribution in [0.25, 0.3) is 0 Å². The lowest BCUT2D eigenvalue weighted by atomic mass is 10.2. The average Bonchev–Trinajstić information content (AvgIpc) is 2.26. The fraction of sp³-hybridized carbons (Fsp3) is 0.357. The smallest absolute Gasteiger partial charge is 0.384 e. The topological polar surface area (TPSA) is 35.5 Å². The second-order valence-electron chi connectivity index (χ2n) is 3.66. The van der Waals surface area contributed by atoms with Gasteiger partial charge in [-0.15, -0.1) is 0 Å². The first-order chi connectivity index (χ1) is 8.11. The number of ether oxygens (including phenoxy) is 2. The molecule has 0 atom stereocenters. The maximum Gasteiger partial charge on any atom is 0.384 e. The van der Waals surface area contributed by atoms with Crippen molar-refractivity contribution in [3.63, 3.8) is 0 Å². The average molecular weight is 232 g/mol. The van der Waals surface area contributed by atoms with E-state index in [2.05, 4.69) is 11.8 Å². The van der Waals surface area contributed by atoms with Crippen LogP contribution in [0.2, 0.25) is 0 Å². The minimum Gasteiger partial charge on any atom is -0.491 e. The molecule has 0 bridgehead atoms. The molecule has 0 saturated carbocycles. The molecule has 0 saturated heterocycles. The van der Waals surface area contributed by atoms with Crippen molar-refractivity contribution in [2.24, 2.45) is 0 Å². The maximum absolute atomic E-state index is 11.1. The quantitative estimate of drug-likeness (QED) is 0.593. The van der Waals surface area contributed by atoms with Gasteiger partial charge in [0.1, 0.15) is 5.75 Å². The molecule has 0 amide bonds. The van der Waals surface area contributed by atoms with Gasteiger partial charge >= 0.3 is 5.97 Å². The van der Waals surface area contributed by atoms with Gasteiger partial charge in [0.05, 0.1) is 12.7 Å². The molecular weight excluding hydrogens is 216 g/mol.